The van der Waals surface area contributed by atoms with Gasteiger partial charge in [0.05, 0.1) is 12.6 Å². The Morgan fingerprint density at radius 2 is 1.51 bits per heavy atom. The molecule has 4 aromatic rings. The maximum Gasteiger partial charge on any atom is 0.237 e. The molecule has 0 aromatic heterocycles. The van der Waals surface area contributed by atoms with Gasteiger partial charge in [0, 0.05) is 24.7 Å². The number of hydrogen-bond acceptors (Lipinski definition) is 2. The monoisotopic (exact) mass is 522 g/mol. The van der Waals surface area contributed by atoms with Crippen molar-refractivity contribution in [3.05, 3.63) is 142 Å². The molecular weight excluding hydrogens is 490 g/mol. The molecule has 1 aliphatic carbocycles. The number of hydrogen-bond donors (Lipinski definition) is 0. The highest BCUT2D eigenvalue weighted by Crippen LogP contribution is 2.36. The third-order valence-electron chi connectivity index (χ3n) is 8.32. The molecule has 1 aliphatic heterocycles. The van der Waals surface area contributed by atoms with Gasteiger partial charge < -0.3 is 4.90 Å². The molecule has 1 amide bonds. The first-order chi connectivity index (χ1) is 19.0. The molecule has 0 saturated heterocycles. The van der Waals surface area contributed by atoms with Crippen molar-refractivity contribution < 1.29 is 13.6 Å². The van der Waals surface area contributed by atoms with Gasteiger partial charge >= 0.3 is 0 Å². The van der Waals surface area contributed by atoms with Crippen LogP contribution in [0, 0.1) is 18.6 Å². The van der Waals surface area contributed by atoms with E-state index in [4.69, 9.17) is 0 Å². The molecule has 39 heavy (non-hydrogen) atoms. The summed E-state index contributed by atoms with van der Waals surface area (Å²) in [6.07, 6.45) is 2.33. The fourth-order valence-corrected chi connectivity index (χ4v) is 6.21. The van der Waals surface area contributed by atoms with Crippen molar-refractivity contribution in [2.45, 2.75) is 44.8 Å². The summed E-state index contributed by atoms with van der Waals surface area (Å²) in [5, 5.41) is 0. The van der Waals surface area contributed by atoms with Gasteiger partial charge in [-0.15, -0.1) is 0 Å². The minimum Gasteiger partial charge on any atom is -0.333 e. The number of rotatable bonds is 6. The van der Waals surface area contributed by atoms with Crippen LogP contribution < -0.4 is 0 Å². The molecule has 1 heterocycles. The van der Waals surface area contributed by atoms with Crippen LogP contribution in [0.15, 0.2) is 91.0 Å². The zero-order valence-electron chi connectivity index (χ0n) is 22.1. The van der Waals surface area contributed by atoms with Crippen molar-refractivity contribution in [2.24, 2.45) is 0 Å². The van der Waals surface area contributed by atoms with E-state index in [1.54, 1.807) is 25.1 Å². The lowest BCUT2D eigenvalue weighted by Gasteiger charge is -2.39. The smallest absolute Gasteiger partial charge is 0.237 e. The molecule has 0 radical (unpaired) electrons. The third kappa shape index (κ3) is 5.11. The molecule has 2 aliphatic rings. The van der Waals surface area contributed by atoms with Crippen LogP contribution in [-0.4, -0.2) is 34.8 Å². The SMILES string of the molecule is Cc1ccc(C2c3ccccc3CCN2CC(=O)N(Cc2ccccc2F)C2Cc3ccccc3C2)cc1F. The summed E-state index contributed by atoms with van der Waals surface area (Å²) in [6, 6.07) is 28.3. The fraction of sp³-hybridized carbons (Fsp3) is 0.265. The Hall–Kier alpha value is -3.83. The maximum absolute atomic E-state index is 14.8. The molecule has 6 rings (SSSR count). The molecule has 0 fully saturated rings. The summed E-state index contributed by atoms with van der Waals surface area (Å²) >= 11 is 0. The van der Waals surface area contributed by atoms with Crippen molar-refractivity contribution in [1.82, 2.24) is 9.80 Å². The lowest BCUT2D eigenvalue weighted by molar-refractivity contribution is -0.136. The lowest BCUT2D eigenvalue weighted by Crippen LogP contribution is -2.48. The topological polar surface area (TPSA) is 23.6 Å². The van der Waals surface area contributed by atoms with Gasteiger partial charge in [-0.1, -0.05) is 78.9 Å². The molecule has 3 nitrogen and oxygen atoms in total. The summed E-state index contributed by atoms with van der Waals surface area (Å²) < 4.78 is 29.5. The molecule has 0 spiro atoms. The second-order valence-electron chi connectivity index (χ2n) is 10.8. The van der Waals surface area contributed by atoms with Gasteiger partial charge in [-0.05, 0) is 71.7 Å². The van der Waals surface area contributed by atoms with E-state index in [-0.39, 0.29) is 42.7 Å². The van der Waals surface area contributed by atoms with E-state index >= 15 is 0 Å². The third-order valence-corrected chi connectivity index (χ3v) is 8.32. The molecular formula is C34H32F2N2O. The predicted molar refractivity (Wildman–Crippen MR) is 149 cm³/mol. The Labute approximate surface area is 228 Å². The van der Waals surface area contributed by atoms with Crippen molar-refractivity contribution in [2.75, 3.05) is 13.1 Å². The van der Waals surface area contributed by atoms with Gasteiger partial charge in [0.1, 0.15) is 11.6 Å². The van der Waals surface area contributed by atoms with E-state index in [0.29, 0.717) is 17.7 Å². The van der Waals surface area contributed by atoms with Crippen LogP contribution in [0.25, 0.3) is 0 Å². The summed E-state index contributed by atoms with van der Waals surface area (Å²) in [5.74, 6) is -0.578. The molecule has 0 saturated carbocycles. The number of halogens is 2. The van der Waals surface area contributed by atoms with Crippen LogP contribution in [0.4, 0.5) is 8.78 Å². The molecule has 1 atom stereocenters. The zero-order valence-corrected chi connectivity index (χ0v) is 22.1. The van der Waals surface area contributed by atoms with E-state index in [9.17, 15) is 13.6 Å². The van der Waals surface area contributed by atoms with E-state index in [2.05, 4.69) is 29.2 Å². The average molecular weight is 523 g/mol. The highest BCUT2D eigenvalue weighted by Gasteiger charge is 2.35. The molecule has 198 valence electrons. The largest absolute Gasteiger partial charge is 0.333 e. The Morgan fingerprint density at radius 1 is 0.846 bits per heavy atom. The number of amides is 1. The minimum atomic E-state index is -0.300. The van der Waals surface area contributed by atoms with Crippen LogP contribution in [0.1, 0.15) is 45.0 Å². The van der Waals surface area contributed by atoms with Crippen LogP contribution in [-0.2, 0) is 30.6 Å². The number of benzene rings is 4. The summed E-state index contributed by atoms with van der Waals surface area (Å²) in [4.78, 5) is 18.2. The molecule has 0 bridgehead atoms. The molecule has 5 heteroatoms. The normalized spacial score (nSPS) is 17.1. The lowest BCUT2D eigenvalue weighted by atomic mass is 9.87. The second-order valence-corrected chi connectivity index (χ2v) is 10.8. The van der Waals surface area contributed by atoms with Crippen LogP contribution in [0.2, 0.25) is 0 Å². The van der Waals surface area contributed by atoms with E-state index < -0.39 is 0 Å². The standard InChI is InChI=1S/C34H32F2N2O/c1-23-14-15-27(20-32(23)36)34-30-12-6-4-8-24(30)16-17-37(34)22-33(39)38(21-28-11-5-7-13-31(28)35)29-18-25-9-2-3-10-26(25)19-29/h2-15,20,29,34H,16-19,21-22H2,1H3. The number of aryl methyl sites for hydroxylation is 1. The van der Waals surface area contributed by atoms with Gasteiger partial charge in [0.15, 0.2) is 0 Å². The summed E-state index contributed by atoms with van der Waals surface area (Å²) in [5.41, 5.74) is 6.77. The van der Waals surface area contributed by atoms with Gasteiger partial charge in [0.25, 0.3) is 0 Å². The number of carbonyl (C=O) groups is 1. The summed E-state index contributed by atoms with van der Waals surface area (Å²) in [6.45, 7) is 2.84. The Bertz CT molecular complexity index is 1490. The number of nitrogens with zero attached hydrogens (tertiary/aromatic N) is 2. The highest BCUT2D eigenvalue weighted by atomic mass is 19.1. The van der Waals surface area contributed by atoms with Crippen molar-refractivity contribution >= 4 is 5.91 Å². The van der Waals surface area contributed by atoms with Crippen molar-refractivity contribution in [3.63, 3.8) is 0 Å². The van der Waals surface area contributed by atoms with Gasteiger partial charge in [-0.2, -0.15) is 0 Å². The first kappa shape index (κ1) is 25.4. The summed E-state index contributed by atoms with van der Waals surface area (Å²) in [7, 11) is 0. The van der Waals surface area contributed by atoms with Crippen molar-refractivity contribution in [3.8, 4) is 0 Å². The maximum atomic E-state index is 14.8. The van der Waals surface area contributed by atoms with Crippen LogP contribution in [0.3, 0.4) is 0 Å². The molecule has 1 unspecified atom stereocenters. The van der Waals surface area contributed by atoms with E-state index in [1.807, 2.05) is 47.4 Å². The number of fused-ring (bicyclic) bond motifs is 2. The first-order valence-corrected chi connectivity index (χ1v) is 13.7. The Balaban J connectivity index is 1.32. The van der Waals surface area contributed by atoms with Gasteiger partial charge in [-0.3, -0.25) is 9.69 Å². The van der Waals surface area contributed by atoms with Gasteiger partial charge in [-0.25, -0.2) is 8.78 Å². The Kier molecular flexibility index (Phi) is 7.01. The fourth-order valence-electron chi connectivity index (χ4n) is 6.21. The quantitative estimate of drug-likeness (QED) is 0.292. The number of carbonyl (C=O) groups excluding carboxylic acids is 1. The minimum absolute atomic E-state index is 0.0342. The van der Waals surface area contributed by atoms with Crippen LogP contribution >= 0.6 is 0 Å². The predicted octanol–water partition coefficient (Wildman–Crippen LogP) is 6.42. The average Bonchev–Trinajstić information content (AvgIpc) is 3.38. The Morgan fingerprint density at radius 3 is 2.23 bits per heavy atom. The first-order valence-electron chi connectivity index (χ1n) is 13.7. The second kappa shape index (κ2) is 10.7. The molecule has 0 N–H and O–H groups in total. The molecule has 4 aromatic carbocycles. The van der Waals surface area contributed by atoms with E-state index in [1.165, 1.54) is 22.8 Å². The van der Waals surface area contributed by atoms with Gasteiger partial charge in [0.2, 0.25) is 5.91 Å². The zero-order chi connectivity index (χ0) is 26.9. The van der Waals surface area contributed by atoms with E-state index in [0.717, 1.165) is 30.4 Å². The van der Waals surface area contributed by atoms with Crippen molar-refractivity contribution in [1.29, 1.82) is 0 Å². The van der Waals surface area contributed by atoms with Crippen LogP contribution in [0.5, 0.6) is 0 Å². The highest BCUT2D eigenvalue weighted by molar-refractivity contribution is 5.79.